The number of carbonyl (C=O) groups is 1. The van der Waals surface area contributed by atoms with Crippen LogP contribution < -0.4 is 0 Å². The molecule has 1 rings (SSSR count). The van der Waals surface area contributed by atoms with Crippen molar-refractivity contribution in [2.45, 2.75) is 39.2 Å². The molecule has 0 unspecified atom stereocenters. The second-order valence-corrected chi connectivity index (χ2v) is 3.80. The lowest BCUT2D eigenvalue weighted by molar-refractivity contribution is -0.152. The van der Waals surface area contributed by atoms with E-state index in [1.807, 2.05) is 13.8 Å². The number of aliphatic hydroxyl groups is 1. The molecular formula is C10H18O3. The summed E-state index contributed by atoms with van der Waals surface area (Å²) in [5, 5.41) is 9.41. The smallest absolute Gasteiger partial charge is 0.309 e. The van der Waals surface area contributed by atoms with Crippen LogP contribution in [0.4, 0.5) is 0 Å². The summed E-state index contributed by atoms with van der Waals surface area (Å²) in [6.07, 6.45) is 1.99. The van der Waals surface area contributed by atoms with Crippen molar-refractivity contribution in [1.29, 1.82) is 0 Å². The van der Waals surface area contributed by atoms with E-state index >= 15 is 0 Å². The van der Waals surface area contributed by atoms with Gasteiger partial charge in [-0.1, -0.05) is 6.92 Å². The van der Waals surface area contributed by atoms with E-state index in [0.29, 0.717) is 18.9 Å². The van der Waals surface area contributed by atoms with Crippen molar-refractivity contribution in [2.75, 3.05) is 6.61 Å². The second kappa shape index (κ2) is 4.61. The van der Waals surface area contributed by atoms with E-state index in [1.54, 1.807) is 0 Å². The van der Waals surface area contributed by atoms with Gasteiger partial charge in [0.15, 0.2) is 0 Å². The van der Waals surface area contributed by atoms with Crippen LogP contribution >= 0.6 is 0 Å². The number of hydrogen-bond donors (Lipinski definition) is 1. The molecule has 0 aromatic carbocycles. The Morgan fingerprint density at radius 2 is 2.23 bits per heavy atom. The van der Waals surface area contributed by atoms with Gasteiger partial charge in [0.2, 0.25) is 0 Å². The van der Waals surface area contributed by atoms with Gasteiger partial charge in [0, 0.05) is 0 Å². The molecule has 1 aliphatic rings. The molecule has 0 heterocycles. The van der Waals surface area contributed by atoms with Crippen LogP contribution in [0.2, 0.25) is 0 Å². The molecule has 0 aromatic heterocycles. The van der Waals surface area contributed by atoms with Crippen molar-refractivity contribution >= 4 is 5.97 Å². The third-order valence-electron chi connectivity index (χ3n) is 2.76. The standard InChI is InChI=1S/C10H18O3/c1-3-13-10(12)9-6-8(11)5-4-7(9)2/h7-9,11H,3-6H2,1-2H3/t7-,8-,9-/m1/s1. The fraction of sp³-hybridized carbons (Fsp3) is 0.900. The summed E-state index contributed by atoms with van der Waals surface area (Å²) in [4.78, 5) is 11.4. The third kappa shape index (κ3) is 2.69. The average Bonchev–Trinajstić information content (AvgIpc) is 2.09. The summed E-state index contributed by atoms with van der Waals surface area (Å²) in [5.41, 5.74) is 0. The van der Waals surface area contributed by atoms with E-state index in [0.717, 1.165) is 12.8 Å². The Kier molecular flexibility index (Phi) is 3.72. The van der Waals surface area contributed by atoms with Gasteiger partial charge in [-0.3, -0.25) is 4.79 Å². The van der Waals surface area contributed by atoms with Crippen LogP contribution in [0.5, 0.6) is 0 Å². The highest BCUT2D eigenvalue weighted by molar-refractivity contribution is 5.72. The Morgan fingerprint density at radius 3 is 2.85 bits per heavy atom. The molecule has 3 heteroatoms. The molecule has 0 spiro atoms. The largest absolute Gasteiger partial charge is 0.466 e. The van der Waals surface area contributed by atoms with E-state index in [2.05, 4.69) is 0 Å². The third-order valence-corrected chi connectivity index (χ3v) is 2.76. The maximum atomic E-state index is 11.4. The van der Waals surface area contributed by atoms with Crippen LogP contribution in [-0.4, -0.2) is 23.8 Å². The first-order valence-corrected chi connectivity index (χ1v) is 4.99. The Labute approximate surface area is 79.1 Å². The van der Waals surface area contributed by atoms with Crippen LogP contribution in [0.1, 0.15) is 33.1 Å². The molecule has 1 fully saturated rings. The minimum absolute atomic E-state index is 0.0938. The van der Waals surface area contributed by atoms with Crippen LogP contribution in [0.3, 0.4) is 0 Å². The van der Waals surface area contributed by atoms with Crippen molar-refractivity contribution in [3.05, 3.63) is 0 Å². The van der Waals surface area contributed by atoms with E-state index in [1.165, 1.54) is 0 Å². The molecular weight excluding hydrogens is 168 g/mol. The Bertz CT molecular complexity index is 179. The number of rotatable bonds is 2. The first-order valence-electron chi connectivity index (χ1n) is 4.99. The molecule has 3 nitrogen and oxygen atoms in total. The highest BCUT2D eigenvalue weighted by atomic mass is 16.5. The first-order chi connectivity index (χ1) is 6.15. The van der Waals surface area contributed by atoms with Crippen LogP contribution in [0.25, 0.3) is 0 Å². The fourth-order valence-electron chi connectivity index (χ4n) is 1.88. The maximum absolute atomic E-state index is 11.4. The molecule has 76 valence electrons. The van der Waals surface area contributed by atoms with Gasteiger partial charge in [-0.2, -0.15) is 0 Å². The molecule has 1 aliphatic carbocycles. The number of carbonyl (C=O) groups excluding carboxylic acids is 1. The van der Waals surface area contributed by atoms with E-state index < -0.39 is 0 Å². The Morgan fingerprint density at radius 1 is 1.54 bits per heavy atom. The molecule has 0 amide bonds. The summed E-state index contributed by atoms with van der Waals surface area (Å²) in [7, 11) is 0. The lowest BCUT2D eigenvalue weighted by Crippen LogP contribution is -2.33. The lowest BCUT2D eigenvalue weighted by Gasteiger charge is -2.29. The zero-order valence-electron chi connectivity index (χ0n) is 8.32. The molecule has 0 saturated heterocycles. The van der Waals surface area contributed by atoms with Gasteiger partial charge in [-0.25, -0.2) is 0 Å². The van der Waals surface area contributed by atoms with Crippen molar-refractivity contribution < 1.29 is 14.6 Å². The Balaban J connectivity index is 2.50. The number of esters is 1. The van der Waals surface area contributed by atoms with E-state index in [9.17, 15) is 9.90 Å². The minimum atomic E-state index is -0.314. The molecule has 1 N–H and O–H groups in total. The van der Waals surface area contributed by atoms with Crippen molar-refractivity contribution in [2.24, 2.45) is 11.8 Å². The molecule has 0 radical (unpaired) electrons. The van der Waals surface area contributed by atoms with Gasteiger partial charge in [0.25, 0.3) is 0 Å². The normalized spacial score (nSPS) is 34.2. The zero-order valence-corrected chi connectivity index (χ0v) is 8.32. The van der Waals surface area contributed by atoms with Gasteiger partial charge in [0.05, 0.1) is 18.6 Å². The van der Waals surface area contributed by atoms with Gasteiger partial charge >= 0.3 is 5.97 Å². The monoisotopic (exact) mass is 186 g/mol. The van der Waals surface area contributed by atoms with Crippen molar-refractivity contribution in [3.8, 4) is 0 Å². The van der Waals surface area contributed by atoms with Crippen molar-refractivity contribution in [3.63, 3.8) is 0 Å². The summed E-state index contributed by atoms with van der Waals surface area (Å²) >= 11 is 0. The van der Waals surface area contributed by atoms with Gasteiger partial charge in [-0.15, -0.1) is 0 Å². The number of hydrogen-bond acceptors (Lipinski definition) is 3. The van der Waals surface area contributed by atoms with E-state index in [4.69, 9.17) is 4.74 Å². The molecule has 13 heavy (non-hydrogen) atoms. The topological polar surface area (TPSA) is 46.5 Å². The second-order valence-electron chi connectivity index (χ2n) is 3.80. The maximum Gasteiger partial charge on any atom is 0.309 e. The zero-order chi connectivity index (χ0) is 9.84. The Hall–Kier alpha value is -0.570. The summed E-state index contributed by atoms with van der Waals surface area (Å²) < 4.78 is 4.95. The molecule has 0 aliphatic heterocycles. The summed E-state index contributed by atoms with van der Waals surface area (Å²) in [5.74, 6) is 0.111. The SMILES string of the molecule is CCOC(=O)[C@@H]1C[C@H](O)CC[C@H]1C. The van der Waals surface area contributed by atoms with Crippen LogP contribution in [0, 0.1) is 11.8 Å². The molecule has 0 bridgehead atoms. The van der Waals surface area contributed by atoms with Gasteiger partial charge in [-0.05, 0) is 32.1 Å². The first kappa shape index (κ1) is 10.5. The average molecular weight is 186 g/mol. The highest BCUT2D eigenvalue weighted by Crippen LogP contribution is 2.30. The van der Waals surface area contributed by atoms with Crippen LogP contribution in [0.15, 0.2) is 0 Å². The summed E-state index contributed by atoms with van der Waals surface area (Å²) in [6.45, 7) is 4.29. The fourth-order valence-corrected chi connectivity index (χ4v) is 1.88. The van der Waals surface area contributed by atoms with E-state index in [-0.39, 0.29) is 18.0 Å². The lowest BCUT2D eigenvalue weighted by atomic mass is 9.79. The number of aliphatic hydroxyl groups excluding tert-OH is 1. The van der Waals surface area contributed by atoms with Gasteiger partial charge < -0.3 is 9.84 Å². The number of ether oxygens (including phenoxy) is 1. The molecule has 3 atom stereocenters. The highest BCUT2D eigenvalue weighted by Gasteiger charge is 2.32. The minimum Gasteiger partial charge on any atom is -0.466 e. The summed E-state index contributed by atoms with van der Waals surface area (Å²) in [6, 6.07) is 0. The predicted octanol–water partition coefficient (Wildman–Crippen LogP) is 1.35. The quantitative estimate of drug-likeness (QED) is 0.662. The van der Waals surface area contributed by atoms with Crippen LogP contribution in [-0.2, 0) is 9.53 Å². The predicted molar refractivity (Wildman–Crippen MR) is 49.1 cm³/mol. The van der Waals surface area contributed by atoms with Crippen molar-refractivity contribution in [1.82, 2.24) is 0 Å². The molecule has 0 aromatic rings. The van der Waals surface area contributed by atoms with Gasteiger partial charge in [0.1, 0.15) is 0 Å². The molecule has 1 saturated carbocycles.